The molecule has 1 aromatic heterocycles. The van der Waals surface area contributed by atoms with E-state index >= 15 is 0 Å². The van der Waals surface area contributed by atoms with Crippen LogP contribution in [0.2, 0.25) is 0 Å². The number of carbonyl (C=O) groups is 1. The summed E-state index contributed by atoms with van der Waals surface area (Å²) in [4.78, 5) is 11.0. The molecule has 88 valence electrons. The minimum Gasteiger partial charge on any atom is -0.496 e. The molecule has 2 aromatic rings. The number of aromatic nitrogens is 1. The number of methoxy groups -OCH3 is 1. The van der Waals surface area contributed by atoms with Crippen LogP contribution in [0.3, 0.4) is 0 Å². The molecule has 0 aliphatic heterocycles. The number of aromatic carboxylic acids is 1. The van der Waals surface area contributed by atoms with Gasteiger partial charge < -0.3 is 14.4 Å². The van der Waals surface area contributed by atoms with Crippen LogP contribution in [0.1, 0.15) is 16.1 Å². The van der Waals surface area contributed by atoms with Gasteiger partial charge in [0.15, 0.2) is 0 Å². The van der Waals surface area contributed by atoms with Crippen molar-refractivity contribution < 1.29 is 14.6 Å². The lowest BCUT2D eigenvalue weighted by atomic mass is 10.2. The molecule has 0 unspecified atom stereocenters. The summed E-state index contributed by atoms with van der Waals surface area (Å²) in [6.45, 7) is 1.92. The van der Waals surface area contributed by atoms with Crippen LogP contribution in [0, 0.1) is 6.92 Å². The molecule has 0 bridgehead atoms. The van der Waals surface area contributed by atoms with Gasteiger partial charge in [0.05, 0.1) is 7.11 Å². The van der Waals surface area contributed by atoms with E-state index in [1.54, 1.807) is 30.0 Å². The number of carboxylic acids is 1. The second-order valence-electron chi connectivity index (χ2n) is 3.72. The molecule has 0 spiro atoms. The molecule has 2 rings (SSSR count). The second-order valence-corrected chi connectivity index (χ2v) is 3.72. The van der Waals surface area contributed by atoms with Crippen molar-refractivity contribution in [2.75, 3.05) is 7.11 Å². The van der Waals surface area contributed by atoms with Crippen LogP contribution in [-0.2, 0) is 0 Å². The van der Waals surface area contributed by atoms with Gasteiger partial charge in [-0.15, -0.1) is 0 Å². The van der Waals surface area contributed by atoms with Gasteiger partial charge in [-0.05, 0) is 42.8 Å². The smallest absolute Gasteiger partial charge is 0.352 e. The quantitative estimate of drug-likeness (QED) is 0.882. The highest BCUT2D eigenvalue weighted by molar-refractivity contribution is 5.86. The molecule has 0 saturated heterocycles. The first-order valence-electron chi connectivity index (χ1n) is 5.19. The number of rotatable bonds is 3. The SMILES string of the molecule is COc1ccc(-n2cccc2C(=O)O)cc1C. The zero-order valence-corrected chi connectivity index (χ0v) is 9.68. The summed E-state index contributed by atoms with van der Waals surface area (Å²) in [7, 11) is 1.61. The number of hydrogen-bond acceptors (Lipinski definition) is 2. The Morgan fingerprint density at radius 2 is 2.12 bits per heavy atom. The topological polar surface area (TPSA) is 51.5 Å². The Balaban J connectivity index is 2.50. The number of nitrogens with zero attached hydrogens (tertiary/aromatic N) is 1. The number of aryl methyl sites for hydroxylation is 1. The van der Waals surface area contributed by atoms with Gasteiger partial charge in [0.1, 0.15) is 11.4 Å². The molecule has 4 heteroatoms. The van der Waals surface area contributed by atoms with Crippen LogP contribution in [-0.4, -0.2) is 22.8 Å². The molecule has 0 saturated carbocycles. The van der Waals surface area contributed by atoms with Crippen LogP contribution in [0.4, 0.5) is 0 Å². The van der Waals surface area contributed by atoms with Crippen LogP contribution in [0.15, 0.2) is 36.5 Å². The van der Waals surface area contributed by atoms with E-state index in [2.05, 4.69) is 0 Å². The molecule has 0 aliphatic carbocycles. The van der Waals surface area contributed by atoms with Gasteiger partial charge in [0, 0.05) is 11.9 Å². The van der Waals surface area contributed by atoms with Gasteiger partial charge >= 0.3 is 5.97 Å². The molecule has 0 atom stereocenters. The maximum atomic E-state index is 11.0. The first kappa shape index (κ1) is 11.3. The van der Waals surface area contributed by atoms with E-state index in [0.29, 0.717) is 0 Å². The summed E-state index contributed by atoms with van der Waals surface area (Å²) >= 11 is 0. The molecule has 17 heavy (non-hydrogen) atoms. The van der Waals surface area contributed by atoms with Gasteiger partial charge in [-0.3, -0.25) is 0 Å². The minimum absolute atomic E-state index is 0.245. The average molecular weight is 231 g/mol. The third-order valence-corrected chi connectivity index (χ3v) is 2.62. The van der Waals surface area contributed by atoms with Crippen molar-refractivity contribution in [1.29, 1.82) is 0 Å². The van der Waals surface area contributed by atoms with E-state index in [4.69, 9.17) is 9.84 Å². The van der Waals surface area contributed by atoms with Crippen LogP contribution >= 0.6 is 0 Å². The molecule has 0 fully saturated rings. The Morgan fingerprint density at radius 3 is 2.71 bits per heavy atom. The van der Waals surface area contributed by atoms with Gasteiger partial charge in [-0.25, -0.2) is 4.79 Å². The highest BCUT2D eigenvalue weighted by Gasteiger charge is 2.10. The summed E-state index contributed by atoms with van der Waals surface area (Å²) < 4.78 is 6.80. The molecule has 1 aromatic carbocycles. The minimum atomic E-state index is -0.941. The number of hydrogen-bond donors (Lipinski definition) is 1. The van der Waals surface area contributed by atoms with E-state index < -0.39 is 5.97 Å². The first-order valence-corrected chi connectivity index (χ1v) is 5.19. The molecule has 0 amide bonds. The summed E-state index contributed by atoms with van der Waals surface area (Å²) in [6.07, 6.45) is 1.73. The largest absolute Gasteiger partial charge is 0.496 e. The van der Waals surface area contributed by atoms with E-state index in [9.17, 15) is 4.79 Å². The van der Waals surface area contributed by atoms with Crippen LogP contribution in [0.25, 0.3) is 5.69 Å². The normalized spacial score (nSPS) is 10.2. The summed E-state index contributed by atoms with van der Waals surface area (Å²) in [5.74, 6) is -0.152. The van der Waals surface area contributed by atoms with Crippen molar-refractivity contribution in [2.45, 2.75) is 6.92 Å². The van der Waals surface area contributed by atoms with Gasteiger partial charge in [0.25, 0.3) is 0 Å². The fourth-order valence-electron chi connectivity index (χ4n) is 1.79. The average Bonchev–Trinajstić information content (AvgIpc) is 2.77. The van der Waals surface area contributed by atoms with Gasteiger partial charge in [-0.2, -0.15) is 0 Å². The molecular weight excluding hydrogens is 218 g/mol. The molecule has 1 N–H and O–H groups in total. The summed E-state index contributed by atoms with van der Waals surface area (Å²) in [6, 6.07) is 8.84. The van der Waals surface area contributed by atoms with E-state index in [-0.39, 0.29) is 5.69 Å². The van der Waals surface area contributed by atoms with Gasteiger partial charge in [-0.1, -0.05) is 0 Å². The van der Waals surface area contributed by atoms with Crippen molar-refractivity contribution in [3.63, 3.8) is 0 Å². The van der Waals surface area contributed by atoms with Gasteiger partial charge in [0.2, 0.25) is 0 Å². The summed E-state index contributed by atoms with van der Waals surface area (Å²) in [5.41, 5.74) is 2.02. The number of carboxylic acid groups (broad SMARTS) is 1. The first-order chi connectivity index (χ1) is 8.13. The molecule has 0 radical (unpaired) electrons. The molecular formula is C13H13NO3. The third-order valence-electron chi connectivity index (χ3n) is 2.62. The lowest BCUT2D eigenvalue weighted by Gasteiger charge is -2.10. The van der Waals surface area contributed by atoms with E-state index in [1.165, 1.54) is 0 Å². The monoisotopic (exact) mass is 231 g/mol. The maximum Gasteiger partial charge on any atom is 0.352 e. The fourth-order valence-corrected chi connectivity index (χ4v) is 1.79. The number of ether oxygens (including phenoxy) is 1. The molecule has 0 aliphatic rings. The lowest BCUT2D eigenvalue weighted by Crippen LogP contribution is -2.05. The van der Waals surface area contributed by atoms with Crippen LogP contribution < -0.4 is 4.74 Å². The van der Waals surface area contributed by atoms with E-state index in [1.807, 2.05) is 25.1 Å². The Hall–Kier alpha value is -2.23. The Labute approximate surface area is 99.1 Å². The van der Waals surface area contributed by atoms with Crippen molar-refractivity contribution in [1.82, 2.24) is 4.57 Å². The Kier molecular flexibility index (Phi) is 2.87. The highest BCUT2D eigenvalue weighted by Crippen LogP contribution is 2.22. The number of benzene rings is 1. The summed E-state index contributed by atoms with van der Waals surface area (Å²) in [5, 5.41) is 9.04. The van der Waals surface area contributed by atoms with Crippen molar-refractivity contribution >= 4 is 5.97 Å². The van der Waals surface area contributed by atoms with E-state index in [0.717, 1.165) is 17.0 Å². The van der Waals surface area contributed by atoms with Crippen molar-refractivity contribution in [2.24, 2.45) is 0 Å². The maximum absolute atomic E-state index is 11.0. The predicted molar refractivity (Wildman–Crippen MR) is 64.0 cm³/mol. The van der Waals surface area contributed by atoms with Crippen molar-refractivity contribution in [3.05, 3.63) is 47.8 Å². The zero-order valence-electron chi connectivity index (χ0n) is 9.68. The molecule has 1 heterocycles. The zero-order chi connectivity index (χ0) is 12.4. The predicted octanol–water partition coefficient (Wildman–Crippen LogP) is 2.49. The Morgan fingerprint density at radius 1 is 1.35 bits per heavy atom. The second kappa shape index (κ2) is 4.33. The third kappa shape index (κ3) is 2.01. The standard InChI is InChI=1S/C13H13NO3/c1-9-8-10(5-6-12(9)17-2)14-7-3-4-11(14)13(15)16/h3-8H,1-2H3,(H,15,16). The van der Waals surface area contributed by atoms with Crippen molar-refractivity contribution in [3.8, 4) is 11.4 Å². The fraction of sp³-hybridized carbons (Fsp3) is 0.154. The molecule has 4 nitrogen and oxygen atoms in total. The lowest BCUT2D eigenvalue weighted by molar-refractivity contribution is 0.0688. The highest BCUT2D eigenvalue weighted by atomic mass is 16.5. The van der Waals surface area contributed by atoms with Crippen LogP contribution in [0.5, 0.6) is 5.75 Å². The Bertz CT molecular complexity index is 558.